The van der Waals surface area contributed by atoms with Gasteiger partial charge in [-0.05, 0) is 62.2 Å². The van der Waals surface area contributed by atoms with Gasteiger partial charge in [0.15, 0.2) is 16.4 Å². The lowest BCUT2D eigenvalue weighted by Crippen LogP contribution is -2.35. The normalized spacial score (nSPS) is 18.4. The van der Waals surface area contributed by atoms with E-state index in [-0.39, 0.29) is 33.1 Å². The number of nitrogens with zero attached hydrogens (tertiary/aromatic N) is 2. The number of rotatable bonds is 3. The largest absolute Gasteiger partial charge is 0.452 e. The number of fused-ring (bicyclic) bond motifs is 1. The van der Waals surface area contributed by atoms with Gasteiger partial charge in [-0.15, -0.1) is 0 Å². The molecule has 164 valence electrons. The van der Waals surface area contributed by atoms with Gasteiger partial charge in [-0.2, -0.15) is 18.3 Å². The summed E-state index contributed by atoms with van der Waals surface area (Å²) in [7, 11) is 0. The average Bonchev–Trinajstić information content (AvgIpc) is 3.26. The molecular formula is C18H11Br2Cl2F3N4O2. The minimum atomic E-state index is -4.60. The van der Waals surface area contributed by atoms with Crippen molar-refractivity contribution in [2.45, 2.75) is 24.7 Å². The van der Waals surface area contributed by atoms with Gasteiger partial charge >= 0.3 is 6.18 Å². The molecule has 31 heavy (non-hydrogen) atoms. The first-order valence-electron chi connectivity index (χ1n) is 8.67. The number of furan rings is 1. The van der Waals surface area contributed by atoms with Gasteiger partial charge in [0.1, 0.15) is 11.6 Å². The molecule has 1 aliphatic rings. The van der Waals surface area contributed by atoms with E-state index in [4.69, 9.17) is 27.6 Å². The second-order valence-corrected chi connectivity index (χ2v) is 9.08. The minimum absolute atomic E-state index is 0.0125. The molecule has 0 aliphatic carbocycles. The molecule has 0 radical (unpaired) electrons. The number of anilines is 2. The molecule has 0 spiro atoms. The van der Waals surface area contributed by atoms with Crippen LogP contribution in [0.1, 0.15) is 34.8 Å². The lowest BCUT2D eigenvalue weighted by molar-refractivity contribution is -0.174. The van der Waals surface area contributed by atoms with Crippen molar-refractivity contribution in [1.82, 2.24) is 9.78 Å². The summed E-state index contributed by atoms with van der Waals surface area (Å²) in [5.41, 5.74) is 0.0108. The first-order chi connectivity index (χ1) is 14.5. The third-order valence-corrected chi connectivity index (χ3v) is 6.35. The molecule has 2 N–H and O–H groups in total. The fraction of sp³-hybridized carbons (Fsp3) is 0.222. The summed E-state index contributed by atoms with van der Waals surface area (Å²) < 4.78 is 48.1. The topological polar surface area (TPSA) is 72.1 Å². The van der Waals surface area contributed by atoms with E-state index in [0.717, 1.165) is 4.68 Å². The standard InChI is InChI=1S/C18H11Br2Cl2F3N4O2/c19-13-4-3-11(31-13)10-6-12(18(23,24)25)29-16(26-10)14(20)15(28-29)17(30)27-9-2-1-7(21)5-8(9)22/h1-5,10,12,26H,6H2,(H,27,30)/t10-,12-/m0/s1. The van der Waals surface area contributed by atoms with Gasteiger partial charge in [0.05, 0.1) is 21.2 Å². The summed E-state index contributed by atoms with van der Waals surface area (Å²) in [6, 6.07) is 4.85. The maximum atomic E-state index is 13.8. The number of aromatic nitrogens is 2. The highest BCUT2D eigenvalue weighted by Gasteiger charge is 2.48. The Bertz CT molecular complexity index is 1170. The van der Waals surface area contributed by atoms with Crippen molar-refractivity contribution < 1.29 is 22.4 Å². The quantitative estimate of drug-likeness (QED) is 0.332. The Kier molecular flexibility index (Phi) is 6.06. The van der Waals surface area contributed by atoms with Crippen LogP contribution in [0.4, 0.5) is 24.7 Å². The zero-order valence-corrected chi connectivity index (χ0v) is 19.8. The van der Waals surface area contributed by atoms with Crippen molar-refractivity contribution in [3.05, 3.63) is 61.0 Å². The van der Waals surface area contributed by atoms with Gasteiger partial charge in [0.2, 0.25) is 0 Å². The summed E-state index contributed by atoms with van der Waals surface area (Å²) in [5.74, 6) is -0.407. The third-order valence-electron chi connectivity index (χ3n) is 4.63. The molecule has 4 rings (SSSR count). The molecule has 2 aromatic heterocycles. The molecule has 6 nitrogen and oxygen atoms in total. The second kappa shape index (κ2) is 8.34. The van der Waals surface area contributed by atoms with Crippen LogP contribution in [0.5, 0.6) is 0 Å². The highest BCUT2D eigenvalue weighted by molar-refractivity contribution is 9.10. The summed E-state index contributed by atoms with van der Waals surface area (Å²) in [5, 5.41) is 9.99. The predicted octanol–water partition coefficient (Wildman–Crippen LogP) is 7.22. The number of amides is 1. The zero-order chi connectivity index (χ0) is 22.5. The summed E-state index contributed by atoms with van der Waals surface area (Å²) in [4.78, 5) is 12.8. The number of benzene rings is 1. The number of hydrogen-bond acceptors (Lipinski definition) is 4. The number of hydrogen-bond donors (Lipinski definition) is 2. The molecule has 1 aliphatic heterocycles. The van der Waals surface area contributed by atoms with Crippen LogP contribution in [0.25, 0.3) is 0 Å². The maximum absolute atomic E-state index is 13.8. The molecule has 3 heterocycles. The highest BCUT2D eigenvalue weighted by Crippen LogP contribution is 2.46. The van der Waals surface area contributed by atoms with Crippen LogP contribution in [0.3, 0.4) is 0 Å². The number of alkyl halides is 3. The monoisotopic (exact) mass is 600 g/mol. The Morgan fingerprint density at radius 3 is 2.61 bits per heavy atom. The average molecular weight is 603 g/mol. The van der Waals surface area contributed by atoms with Gasteiger partial charge in [0.25, 0.3) is 5.91 Å². The first-order valence-corrected chi connectivity index (χ1v) is 11.0. The van der Waals surface area contributed by atoms with Crippen molar-refractivity contribution in [3.63, 3.8) is 0 Å². The van der Waals surface area contributed by atoms with Crippen LogP contribution in [0.15, 0.2) is 43.9 Å². The van der Waals surface area contributed by atoms with Gasteiger partial charge < -0.3 is 15.1 Å². The van der Waals surface area contributed by atoms with Crippen LogP contribution in [0, 0.1) is 0 Å². The van der Waals surface area contributed by atoms with E-state index in [1.165, 1.54) is 18.2 Å². The molecule has 1 aromatic carbocycles. The van der Waals surface area contributed by atoms with Crippen molar-refractivity contribution in [2.24, 2.45) is 0 Å². The fourth-order valence-corrected chi connectivity index (χ4v) is 4.54. The lowest BCUT2D eigenvalue weighted by Gasteiger charge is -2.32. The maximum Gasteiger partial charge on any atom is 0.410 e. The predicted molar refractivity (Wildman–Crippen MR) is 117 cm³/mol. The van der Waals surface area contributed by atoms with Crippen LogP contribution in [-0.4, -0.2) is 21.9 Å². The van der Waals surface area contributed by atoms with Gasteiger partial charge in [0, 0.05) is 11.4 Å². The molecule has 0 fully saturated rings. The van der Waals surface area contributed by atoms with Crippen LogP contribution in [-0.2, 0) is 0 Å². The molecule has 1 amide bonds. The second-order valence-electron chi connectivity index (χ2n) is 6.67. The van der Waals surface area contributed by atoms with Crippen molar-refractivity contribution in [1.29, 1.82) is 0 Å². The summed E-state index contributed by atoms with van der Waals surface area (Å²) in [6.45, 7) is 0. The minimum Gasteiger partial charge on any atom is -0.452 e. The smallest absolute Gasteiger partial charge is 0.410 e. The van der Waals surface area contributed by atoms with Crippen molar-refractivity contribution in [2.75, 3.05) is 10.6 Å². The lowest BCUT2D eigenvalue weighted by atomic mass is 10.0. The van der Waals surface area contributed by atoms with Crippen LogP contribution >= 0.6 is 55.1 Å². The number of halogens is 7. The van der Waals surface area contributed by atoms with E-state index in [9.17, 15) is 18.0 Å². The zero-order valence-electron chi connectivity index (χ0n) is 15.1. The van der Waals surface area contributed by atoms with E-state index in [1.54, 1.807) is 12.1 Å². The summed E-state index contributed by atoms with van der Waals surface area (Å²) >= 11 is 18.3. The Balaban J connectivity index is 1.70. The molecule has 2 atom stereocenters. The Hall–Kier alpha value is -1.69. The van der Waals surface area contributed by atoms with E-state index >= 15 is 0 Å². The van der Waals surface area contributed by atoms with Crippen molar-refractivity contribution in [3.8, 4) is 0 Å². The summed E-state index contributed by atoms with van der Waals surface area (Å²) in [6.07, 6.45) is -4.97. The Morgan fingerprint density at radius 2 is 2.00 bits per heavy atom. The number of nitrogens with one attached hydrogen (secondary N) is 2. The van der Waals surface area contributed by atoms with E-state index < -0.39 is 24.2 Å². The molecule has 3 aromatic rings. The molecule has 0 saturated heterocycles. The Morgan fingerprint density at radius 1 is 1.26 bits per heavy atom. The molecular weight excluding hydrogens is 592 g/mol. The van der Waals surface area contributed by atoms with Crippen LogP contribution < -0.4 is 10.6 Å². The number of carbonyl (C=O) groups is 1. The van der Waals surface area contributed by atoms with E-state index in [2.05, 4.69) is 47.6 Å². The third kappa shape index (κ3) is 4.46. The van der Waals surface area contributed by atoms with E-state index in [0.29, 0.717) is 15.5 Å². The number of carbonyl (C=O) groups excluding carboxylic acids is 1. The molecule has 0 unspecified atom stereocenters. The van der Waals surface area contributed by atoms with Gasteiger partial charge in [-0.3, -0.25) is 4.79 Å². The molecule has 0 saturated carbocycles. The Labute approximate surface area is 200 Å². The molecule has 0 bridgehead atoms. The van der Waals surface area contributed by atoms with Gasteiger partial charge in [-0.25, -0.2) is 4.68 Å². The van der Waals surface area contributed by atoms with Crippen LogP contribution in [0.2, 0.25) is 10.0 Å². The fourth-order valence-electron chi connectivity index (χ4n) is 3.21. The highest BCUT2D eigenvalue weighted by atomic mass is 79.9. The van der Waals surface area contributed by atoms with Gasteiger partial charge in [-0.1, -0.05) is 23.2 Å². The molecule has 13 heteroatoms. The first kappa shape index (κ1) is 22.5. The van der Waals surface area contributed by atoms with E-state index in [1.807, 2.05) is 0 Å². The SMILES string of the molecule is O=C(Nc1ccc(Cl)cc1Cl)c1nn2c(c1Br)N[C@H](c1ccc(Br)o1)C[C@H]2C(F)(F)F. The van der Waals surface area contributed by atoms with Crippen molar-refractivity contribution >= 4 is 72.5 Å².